The van der Waals surface area contributed by atoms with Gasteiger partial charge in [0.05, 0.1) is 5.92 Å². The average Bonchev–Trinajstić information content (AvgIpc) is 2.84. The van der Waals surface area contributed by atoms with Crippen molar-refractivity contribution in [3.63, 3.8) is 0 Å². The van der Waals surface area contributed by atoms with Crippen LogP contribution in [0.5, 0.6) is 0 Å². The van der Waals surface area contributed by atoms with Gasteiger partial charge in [-0.25, -0.2) is 4.79 Å². The highest BCUT2D eigenvalue weighted by molar-refractivity contribution is 6.02. The lowest BCUT2D eigenvalue weighted by molar-refractivity contribution is -0.117. The third-order valence-corrected chi connectivity index (χ3v) is 3.66. The summed E-state index contributed by atoms with van der Waals surface area (Å²) in [5, 5.41) is 8.38. The van der Waals surface area contributed by atoms with Crippen LogP contribution in [-0.2, 0) is 4.79 Å². The van der Waals surface area contributed by atoms with Crippen molar-refractivity contribution in [2.45, 2.75) is 12.3 Å². The second-order valence-corrected chi connectivity index (χ2v) is 5.16. The molecule has 5 nitrogen and oxygen atoms in total. The van der Waals surface area contributed by atoms with E-state index in [-0.39, 0.29) is 17.9 Å². The van der Waals surface area contributed by atoms with Crippen LogP contribution in [0.3, 0.4) is 0 Å². The van der Waals surface area contributed by atoms with Crippen LogP contribution in [0.15, 0.2) is 54.6 Å². The summed E-state index contributed by atoms with van der Waals surface area (Å²) in [6.07, 6.45) is 0.574. The Balaban J connectivity index is 1.51. The molecule has 3 N–H and O–H groups in total. The standard InChI is InChI=1S/C17H17N3O2/c21-16-14(13-8-4-5-9-15(13)20-16)10-11-18-17(22)19-12-6-2-1-3-7-12/h1-9,14H,10-11H2,(H,20,21)(H2,18,19,22). The van der Waals surface area contributed by atoms with Gasteiger partial charge in [0.15, 0.2) is 0 Å². The zero-order valence-electron chi connectivity index (χ0n) is 12.0. The van der Waals surface area contributed by atoms with Crippen LogP contribution in [0.25, 0.3) is 0 Å². The molecule has 1 aliphatic heterocycles. The Labute approximate surface area is 128 Å². The number of urea groups is 1. The third-order valence-electron chi connectivity index (χ3n) is 3.66. The van der Waals surface area contributed by atoms with Gasteiger partial charge < -0.3 is 16.0 Å². The van der Waals surface area contributed by atoms with Gasteiger partial charge in [0.25, 0.3) is 0 Å². The van der Waals surface area contributed by atoms with Crippen LogP contribution in [0.2, 0.25) is 0 Å². The maximum absolute atomic E-state index is 12.0. The molecule has 0 aliphatic carbocycles. The summed E-state index contributed by atoms with van der Waals surface area (Å²) in [6, 6.07) is 16.6. The van der Waals surface area contributed by atoms with E-state index in [1.54, 1.807) is 0 Å². The first-order valence-electron chi connectivity index (χ1n) is 7.24. The fourth-order valence-corrected chi connectivity index (χ4v) is 2.59. The lowest BCUT2D eigenvalue weighted by Gasteiger charge is -2.10. The molecule has 3 rings (SSSR count). The second-order valence-electron chi connectivity index (χ2n) is 5.16. The SMILES string of the molecule is O=C(NCCC1C(=O)Nc2ccccc21)Nc1ccccc1. The molecule has 0 aromatic heterocycles. The van der Waals surface area contributed by atoms with Crippen LogP contribution >= 0.6 is 0 Å². The summed E-state index contributed by atoms with van der Waals surface area (Å²) in [7, 11) is 0. The summed E-state index contributed by atoms with van der Waals surface area (Å²) in [5.74, 6) is -0.209. The fraction of sp³-hybridized carbons (Fsp3) is 0.176. The van der Waals surface area contributed by atoms with Crippen molar-refractivity contribution in [3.8, 4) is 0 Å². The van der Waals surface area contributed by atoms with Crippen molar-refractivity contribution >= 4 is 23.3 Å². The van der Waals surface area contributed by atoms with E-state index in [2.05, 4.69) is 16.0 Å². The Kier molecular flexibility index (Phi) is 4.05. The Morgan fingerprint density at radius 2 is 1.77 bits per heavy atom. The molecule has 1 aliphatic rings. The molecule has 2 aromatic carbocycles. The summed E-state index contributed by atoms with van der Waals surface area (Å²) in [6.45, 7) is 0.436. The molecule has 0 saturated carbocycles. The molecule has 22 heavy (non-hydrogen) atoms. The fourth-order valence-electron chi connectivity index (χ4n) is 2.59. The minimum Gasteiger partial charge on any atom is -0.338 e. The lowest BCUT2D eigenvalue weighted by Crippen LogP contribution is -2.31. The summed E-state index contributed by atoms with van der Waals surface area (Å²) in [4.78, 5) is 23.7. The highest BCUT2D eigenvalue weighted by atomic mass is 16.2. The Hall–Kier alpha value is -2.82. The molecule has 5 heteroatoms. The normalized spacial score (nSPS) is 15.8. The zero-order valence-corrected chi connectivity index (χ0v) is 12.0. The molecule has 0 radical (unpaired) electrons. The van der Waals surface area contributed by atoms with E-state index in [9.17, 15) is 9.59 Å². The van der Waals surface area contributed by atoms with Gasteiger partial charge in [0, 0.05) is 17.9 Å². The minimum absolute atomic E-state index is 0.00790. The zero-order chi connectivity index (χ0) is 15.4. The van der Waals surface area contributed by atoms with Crippen molar-refractivity contribution in [1.29, 1.82) is 0 Å². The second kappa shape index (κ2) is 6.30. The Bertz CT molecular complexity index is 685. The maximum atomic E-state index is 12.0. The topological polar surface area (TPSA) is 70.2 Å². The van der Waals surface area contributed by atoms with Gasteiger partial charge in [-0.15, -0.1) is 0 Å². The molecular formula is C17H17N3O2. The van der Waals surface area contributed by atoms with Crippen molar-refractivity contribution in [1.82, 2.24) is 5.32 Å². The van der Waals surface area contributed by atoms with E-state index in [0.717, 1.165) is 16.9 Å². The molecule has 1 unspecified atom stereocenters. The number of benzene rings is 2. The van der Waals surface area contributed by atoms with Gasteiger partial charge in [-0.1, -0.05) is 36.4 Å². The van der Waals surface area contributed by atoms with E-state index in [1.165, 1.54) is 0 Å². The number of nitrogens with one attached hydrogen (secondary N) is 3. The van der Waals surface area contributed by atoms with Crippen molar-refractivity contribution < 1.29 is 9.59 Å². The number of fused-ring (bicyclic) bond motifs is 1. The molecule has 3 amide bonds. The number of carbonyl (C=O) groups excluding carboxylic acids is 2. The van der Waals surface area contributed by atoms with Crippen molar-refractivity contribution in [2.75, 3.05) is 17.2 Å². The highest BCUT2D eigenvalue weighted by Crippen LogP contribution is 2.33. The van der Waals surface area contributed by atoms with E-state index >= 15 is 0 Å². The quantitative estimate of drug-likeness (QED) is 0.811. The number of hydrogen-bond donors (Lipinski definition) is 3. The first kappa shape index (κ1) is 14.1. The molecule has 2 aromatic rings. The van der Waals surface area contributed by atoms with Gasteiger partial charge in [-0.3, -0.25) is 4.79 Å². The number of carbonyl (C=O) groups is 2. The van der Waals surface area contributed by atoms with Crippen LogP contribution in [0, 0.1) is 0 Å². The summed E-state index contributed by atoms with van der Waals surface area (Å²) < 4.78 is 0. The van der Waals surface area contributed by atoms with Gasteiger partial charge in [-0.2, -0.15) is 0 Å². The van der Waals surface area contributed by atoms with Crippen LogP contribution < -0.4 is 16.0 Å². The van der Waals surface area contributed by atoms with Crippen molar-refractivity contribution in [3.05, 3.63) is 60.2 Å². The molecule has 0 saturated heterocycles. The molecule has 112 valence electrons. The van der Waals surface area contributed by atoms with Crippen LogP contribution in [0.4, 0.5) is 16.2 Å². The lowest BCUT2D eigenvalue weighted by atomic mass is 9.97. The smallest absolute Gasteiger partial charge is 0.319 e. The Morgan fingerprint density at radius 1 is 1.05 bits per heavy atom. The number of hydrogen-bond acceptors (Lipinski definition) is 2. The van der Waals surface area contributed by atoms with Crippen LogP contribution in [0.1, 0.15) is 17.9 Å². The number of anilines is 2. The molecular weight excluding hydrogens is 278 g/mol. The average molecular weight is 295 g/mol. The van der Waals surface area contributed by atoms with Crippen LogP contribution in [-0.4, -0.2) is 18.5 Å². The van der Waals surface area contributed by atoms with Crippen molar-refractivity contribution in [2.24, 2.45) is 0 Å². The monoisotopic (exact) mass is 295 g/mol. The molecule has 0 fully saturated rings. The van der Waals surface area contributed by atoms with E-state index < -0.39 is 0 Å². The van der Waals surface area contributed by atoms with Gasteiger partial charge in [0.2, 0.25) is 5.91 Å². The molecule has 0 spiro atoms. The first-order chi connectivity index (χ1) is 10.7. The first-order valence-corrected chi connectivity index (χ1v) is 7.24. The molecule has 1 atom stereocenters. The minimum atomic E-state index is -0.266. The van der Waals surface area contributed by atoms with E-state index in [4.69, 9.17) is 0 Å². The third kappa shape index (κ3) is 3.09. The van der Waals surface area contributed by atoms with E-state index in [1.807, 2.05) is 54.6 Å². The predicted octanol–water partition coefficient (Wildman–Crippen LogP) is 2.93. The molecule has 1 heterocycles. The van der Waals surface area contributed by atoms with E-state index in [0.29, 0.717) is 13.0 Å². The molecule has 0 bridgehead atoms. The van der Waals surface area contributed by atoms with Gasteiger partial charge >= 0.3 is 6.03 Å². The maximum Gasteiger partial charge on any atom is 0.319 e. The number of amides is 3. The van der Waals surface area contributed by atoms with Gasteiger partial charge in [0.1, 0.15) is 0 Å². The number of rotatable bonds is 4. The Morgan fingerprint density at radius 3 is 2.59 bits per heavy atom. The summed E-state index contributed by atoms with van der Waals surface area (Å²) in [5.41, 5.74) is 2.60. The largest absolute Gasteiger partial charge is 0.338 e. The number of para-hydroxylation sites is 2. The highest BCUT2D eigenvalue weighted by Gasteiger charge is 2.29. The predicted molar refractivity (Wildman–Crippen MR) is 85.9 cm³/mol. The summed E-state index contributed by atoms with van der Waals surface area (Å²) >= 11 is 0. The van der Waals surface area contributed by atoms with Gasteiger partial charge in [-0.05, 0) is 30.2 Å².